The zero-order valence-electron chi connectivity index (χ0n) is 11.5. The van der Waals surface area contributed by atoms with Gasteiger partial charge in [0.15, 0.2) is 0 Å². The van der Waals surface area contributed by atoms with Gasteiger partial charge in [-0.25, -0.2) is 0 Å². The summed E-state index contributed by atoms with van der Waals surface area (Å²) in [4.78, 5) is 0. The van der Waals surface area contributed by atoms with Gasteiger partial charge >= 0.3 is 0 Å². The first kappa shape index (κ1) is 14.0. The molecule has 2 aromatic carbocycles. The Morgan fingerprint density at radius 2 is 1.53 bits per heavy atom. The van der Waals surface area contributed by atoms with Crippen LogP contribution in [0.4, 0.5) is 5.69 Å². The summed E-state index contributed by atoms with van der Waals surface area (Å²) in [6, 6.07) is 17.1. The molecule has 0 fully saturated rings. The third-order valence-corrected chi connectivity index (χ3v) is 3.48. The lowest BCUT2D eigenvalue weighted by Crippen LogP contribution is -2.17. The van der Waals surface area contributed by atoms with E-state index in [1.54, 1.807) is 0 Å². The molecule has 0 radical (unpaired) electrons. The van der Waals surface area contributed by atoms with Crippen molar-refractivity contribution in [3.63, 3.8) is 0 Å². The van der Waals surface area contributed by atoms with Gasteiger partial charge in [-0.3, -0.25) is 0 Å². The van der Waals surface area contributed by atoms with Crippen LogP contribution >= 0.6 is 11.6 Å². The maximum absolute atomic E-state index is 5.89. The number of rotatable bonds is 5. The molecule has 0 saturated carbocycles. The molecule has 0 spiro atoms. The summed E-state index contributed by atoms with van der Waals surface area (Å²) in [6.45, 7) is 4.37. The lowest BCUT2D eigenvalue weighted by molar-refractivity contribution is 0.790. The van der Waals surface area contributed by atoms with Crippen molar-refractivity contribution in [1.29, 1.82) is 0 Å². The van der Waals surface area contributed by atoms with Crippen molar-refractivity contribution in [3.05, 3.63) is 64.7 Å². The van der Waals surface area contributed by atoms with Crippen molar-refractivity contribution < 1.29 is 0 Å². The molecule has 0 bridgehead atoms. The molecule has 0 saturated heterocycles. The van der Waals surface area contributed by atoms with Crippen LogP contribution in [0.15, 0.2) is 48.5 Å². The van der Waals surface area contributed by atoms with Crippen LogP contribution in [0, 0.1) is 0 Å². The Morgan fingerprint density at radius 3 is 2.11 bits per heavy atom. The van der Waals surface area contributed by atoms with Crippen molar-refractivity contribution in [2.24, 2.45) is 0 Å². The Balaban J connectivity index is 1.92. The average molecular weight is 274 g/mol. The molecule has 0 aliphatic carbocycles. The number of aryl methyl sites for hydroxylation is 1. The summed E-state index contributed by atoms with van der Waals surface area (Å²) >= 11 is 5.89. The molecular formula is C17H20ClN. The minimum Gasteiger partial charge on any atom is -0.382 e. The second-order valence-electron chi connectivity index (χ2n) is 4.93. The Labute approximate surface area is 120 Å². The predicted molar refractivity (Wildman–Crippen MR) is 84.1 cm³/mol. The average Bonchev–Trinajstić information content (AvgIpc) is 2.42. The molecule has 0 aliphatic rings. The molecule has 0 amide bonds. The molecule has 0 aliphatic heterocycles. The summed E-state index contributed by atoms with van der Waals surface area (Å²) in [5.41, 5.74) is 3.85. The van der Waals surface area contributed by atoms with Gasteiger partial charge in [-0.15, -0.1) is 0 Å². The monoisotopic (exact) mass is 273 g/mol. The molecule has 1 nitrogen and oxygen atoms in total. The van der Waals surface area contributed by atoms with Gasteiger partial charge in [0.1, 0.15) is 0 Å². The zero-order valence-corrected chi connectivity index (χ0v) is 12.2. The highest BCUT2D eigenvalue weighted by Crippen LogP contribution is 2.15. The van der Waals surface area contributed by atoms with E-state index in [2.05, 4.69) is 55.6 Å². The molecule has 2 rings (SSSR count). The van der Waals surface area contributed by atoms with Crippen molar-refractivity contribution in [3.8, 4) is 0 Å². The highest BCUT2D eigenvalue weighted by atomic mass is 35.5. The van der Waals surface area contributed by atoms with Crippen LogP contribution in [0.1, 0.15) is 25.0 Å². The minimum absolute atomic E-state index is 0.397. The fraction of sp³-hybridized carbons (Fsp3) is 0.294. The largest absolute Gasteiger partial charge is 0.382 e. The van der Waals surface area contributed by atoms with E-state index in [4.69, 9.17) is 11.6 Å². The van der Waals surface area contributed by atoms with Crippen LogP contribution < -0.4 is 5.32 Å². The summed E-state index contributed by atoms with van der Waals surface area (Å²) < 4.78 is 0. The zero-order chi connectivity index (χ0) is 13.7. The number of hydrogen-bond donors (Lipinski definition) is 1. The van der Waals surface area contributed by atoms with E-state index < -0.39 is 0 Å². The van der Waals surface area contributed by atoms with Gasteiger partial charge < -0.3 is 5.32 Å². The van der Waals surface area contributed by atoms with E-state index >= 15 is 0 Å². The van der Waals surface area contributed by atoms with Gasteiger partial charge in [0.2, 0.25) is 0 Å². The second-order valence-corrected chi connectivity index (χ2v) is 5.36. The fourth-order valence-electron chi connectivity index (χ4n) is 2.15. The van der Waals surface area contributed by atoms with Gasteiger partial charge in [-0.05, 0) is 55.2 Å². The Morgan fingerprint density at radius 1 is 0.947 bits per heavy atom. The standard InChI is InChI=1S/C17H20ClN/c1-3-14-6-10-17(11-7-14)19-13(2)12-15-4-8-16(18)9-5-15/h4-11,13,19H,3,12H2,1-2H3. The van der Waals surface area contributed by atoms with Crippen LogP contribution in [0.3, 0.4) is 0 Å². The van der Waals surface area contributed by atoms with Gasteiger partial charge in [0.05, 0.1) is 0 Å². The number of anilines is 1. The van der Waals surface area contributed by atoms with Crippen LogP contribution in [-0.2, 0) is 12.8 Å². The lowest BCUT2D eigenvalue weighted by atomic mass is 10.1. The quantitative estimate of drug-likeness (QED) is 0.813. The Bertz CT molecular complexity index is 502. The summed E-state index contributed by atoms with van der Waals surface area (Å²) in [7, 11) is 0. The summed E-state index contributed by atoms with van der Waals surface area (Å²) in [5.74, 6) is 0. The minimum atomic E-state index is 0.397. The third-order valence-electron chi connectivity index (χ3n) is 3.23. The van der Waals surface area contributed by atoms with E-state index in [0.717, 1.165) is 17.9 Å². The van der Waals surface area contributed by atoms with Crippen molar-refractivity contribution in [1.82, 2.24) is 0 Å². The third kappa shape index (κ3) is 4.29. The van der Waals surface area contributed by atoms with Crippen molar-refractivity contribution in [2.45, 2.75) is 32.7 Å². The first-order chi connectivity index (χ1) is 9.17. The molecule has 2 heteroatoms. The molecular weight excluding hydrogens is 254 g/mol. The lowest BCUT2D eigenvalue weighted by Gasteiger charge is -2.15. The number of hydrogen-bond acceptors (Lipinski definition) is 1. The molecule has 19 heavy (non-hydrogen) atoms. The van der Waals surface area contributed by atoms with Crippen molar-refractivity contribution in [2.75, 3.05) is 5.32 Å². The Hall–Kier alpha value is -1.47. The van der Waals surface area contributed by atoms with E-state index in [-0.39, 0.29) is 0 Å². The van der Waals surface area contributed by atoms with Crippen LogP contribution in [-0.4, -0.2) is 6.04 Å². The van der Waals surface area contributed by atoms with E-state index in [1.165, 1.54) is 16.8 Å². The smallest absolute Gasteiger partial charge is 0.0406 e. The molecule has 1 unspecified atom stereocenters. The van der Waals surface area contributed by atoms with E-state index in [0.29, 0.717) is 6.04 Å². The first-order valence-corrected chi connectivity index (χ1v) is 7.15. The first-order valence-electron chi connectivity index (χ1n) is 6.77. The van der Waals surface area contributed by atoms with Crippen LogP contribution in [0.5, 0.6) is 0 Å². The molecule has 100 valence electrons. The molecule has 1 N–H and O–H groups in total. The topological polar surface area (TPSA) is 12.0 Å². The normalized spacial score (nSPS) is 12.2. The highest BCUT2D eigenvalue weighted by molar-refractivity contribution is 6.30. The summed E-state index contributed by atoms with van der Waals surface area (Å²) in [5, 5.41) is 4.31. The van der Waals surface area contributed by atoms with Crippen LogP contribution in [0.25, 0.3) is 0 Å². The van der Waals surface area contributed by atoms with Gasteiger partial charge in [-0.2, -0.15) is 0 Å². The van der Waals surface area contributed by atoms with Gasteiger partial charge in [0, 0.05) is 16.8 Å². The van der Waals surface area contributed by atoms with Gasteiger partial charge in [0.25, 0.3) is 0 Å². The maximum atomic E-state index is 5.89. The van der Waals surface area contributed by atoms with Crippen molar-refractivity contribution >= 4 is 17.3 Å². The number of nitrogens with one attached hydrogen (secondary N) is 1. The second kappa shape index (κ2) is 6.63. The van der Waals surface area contributed by atoms with E-state index in [9.17, 15) is 0 Å². The van der Waals surface area contributed by atoms with Gasteiger partial charge in [-0.1, -0.05) is 42.8 Å². The highest BCUT2D eigenvalue weighted by Gasteiger charge is 2.03. The molecule has 0 aromatic heterocycles. The maximum Gasteiger partial charge on any atom is 0.0406 e. The molecule has 0 heterocycles. The van der Waals surface area contributed by atoms with Crippen LogP contribution in [0.2, 0.25) is 5.02 Å². The van der Waals surface area contributed by atoms with E-state index in [1.807, 2.05) is 12.1 Å². The fourth-order valence-corrected chi connectivity index (χ4v) is 2.27. The molecule has 1 atom stereocenters. The number of halogens is 1. The summed E-state index contributed by atoms with van der Waals surface area (Å²) in [6.07, 6.45) is 2.08. The number of benzene rings is 2. The predicted octanol–water partition coefficient (Wildman–Crippen LogP) is 4.95. The Kier molecular flexibility index (Phi) is 4.86. The molecule has 2 aromatic rings. The SMILES string of the molecule is CCc1ccc(NC(C)Cc2ccc(Cl)cc2)cc1.